The smallest absolute Gasteiger partial charge is 0.223 e. The molecule has 1 saturated heterocycles. The third-order valence-corrected chi connectivity index (χ3v) is 4.12. The van der Waals surface area contributed by atoms with Crippen molar-refractivity contribution in [3.63, 3.8) is 0 Å². The van der Waals surface area contributed by atoms with Crippen LogP contribution in [-0.4, -0.2) is 38.6 Å². The Bertz CT molecular complexity index is 421. The summed E-state index contributed by atoms with van der Waals surface area (Å²) in [5.74, 6) is 0.446. The molecule has 0 bridgehead atoms. The second kappa shape index (κ2) is 10.5. The average Bonchev–Trinajstić information content (AvgIpc) is 2.56. The topological polar surface area (TPSA) is 44.4 Å². The summed E-state index contributed by atoms with van der Waals surface area (Å²) in [6.45, 7) is 6.84. The zero-order valence-corrected chi connectivity index (χ0v) is 14.2. The second-order valence-electron chi connectivity index (χ2n) is 5.58. The number of carbonyl (C=O) groups is 1. The predicted molar refractivity (Wildman–Crippen MR) is 94.8 cm³/mol. The van der Waals surface area contributed by atoms with Crippen molar-refractivity contribution in [2.24, 2.45) is 5.92 Å². The third-order valence-electron chi connectivity index (χ3n) is 4.12. The summed E-state index contributed by atoms with van der Waals surface area (Å²) >= 11 is 0. The van der Waals surface area contributed by atoms with E-state index in [-0.39, 0.29) is 24.2 Å². The van der Waals surface area contributed by atoms with E-state index in [0.29, 0.717) is 0 Å². The number of hydrogen-bond acceptors (Lipinski definition) is 3. The minimum Gasteiger partial charge on any atom is -0.372 e. The van der Waals surface area contributed by atoms with Gasteiger partial charge in [0.2, 0.25) is 5.91 Å². The van der Waals surface area contributed by atoms with Crippen LogP contribution in [0.15, 0.2) is 30.3 Å². The molecule has 124 valence electrons. The van der Waals surface area contributed by atoms with Gasteiger partial charge in [-0.15, -0.1) is 12.4 Å². The third kappa shape index (κ3) is 5.85. The van der Waals surface area contributed by atoms with Gasteiger partial charge in [0.05, 0.1) is 0 Å². The summed E-state index contributed by atoms with van der Waals surface area (Å²) < 4.78 is 0. The molecule has 0 radical (unpaired) electrons. The summed E-state index contributed by atoms with van der Waals surface area (Å²) in [6.07, 6.45) is 2.92. The molecule has 0 spiro atoms. The standard InChI is InChI=1S/C17H27N3O.ClH/c1-2-20(16-7-4-3-5-8-16)14-6-11-19-17(21)15-9-12-18-13-10-15;/h3-5,7-8,15,18H,2,6,9-14H2,1H3,(H,19,21);1H. The summed E-state index contributed by atoms with van der Waals surface area (Å²) in [5.41, 5.74) is 1.25. The molecule has 1 aliphatic rings. The molecular formula is C17H28ClN3O. The molecule has 0 aliphatic carbocycles. The van der Waals surface area contributed by atoms with Crippen LogP contribution >= 0.6 is 12.4 Å². The Hall–Kier alpha value is -1.26. The van der Waals surface area contributed by atoms with Gasteiger partial charge in [0.25, 0.3) is 0 Å². The van der Waals surface area contributed by atoms with Crippen molar-refractivity contribution in [1.29, 1.82) is 0 Å². The molecule has 0 saturated carbocycles. The Balaban J connectivity index is 0.00000242. The van der Waals surface area contributed by atoms with E-state index in [9.17, 15) is 4.79 Å². The second-order valence-corrected chi connectivity index (χ2v) is 5.58. The van der Waals surface area contributed by atoms with Gasteiger partial charge in [0.15, 0.2) is 0 Å². The molecule has 2 rings (SSSR count). The first-order valence-corrected chi connectivity index (χ1v) is 8.09. The van der Waals surface area contributed by atoms with Gasteiger partial charge in [-0.2, -0.15) is 0 Å². The van der Waals surface area contributed by atoms with Gasteiger partial charge in [-0.05, 0) is 51.4 Å². The number of amides is 1. The van der Waals surface area contributed by atoms with Crippen LogP contribution in [0.4, 0.5) is 5.69 Å². The number of nitrogens with one attached hydrogen (secondary N) is 2. The quantitative estimate of drug-likeness (QED) is 0.757. The van der Waals surface area contributed by atoms with Crippen molar-refractivity contribution < 1.29 is 4.79 Å². The zero-order valence-electron chi connectivity index (χ0n) is 13.4. The van der Waals surface area contributed by atoms with E-state index < -0.39 is 0 Å². The first-order valence-electron chi connectivity index (χ1n) is 8.09. The number of hydrogen-bond donors (Lipinski definition) is 2. The van der Waals surface area contributed by atoms with Crippen molar-refractivity contribution in [1.82, 2.24) is 10.6 Å². The fourth-order valence-corrected chi connectivity index (χ4v) is 2.82. The van der Waals surface area contributed by atoms with Crippen LogP contribution in [0.2, 0.25) is 0 Å². The van der Waals surface area contributed by atoms with Crippen molar-refractivity contribution >= 4 is 24.0 Å². The molecule has 1 aliphatic heterocycles. The summed E-state index contributed by atoms with van der Waals surface area (Å²) in [4.78, 5) is 14.4. The Morgan fingerprint density at radius 1 is 1.27 bits per heavy atom. The van der Waals surface area contributed by atoms with E-state index in [0.717, 1.165) is 52.0 Å². The molecule has 0 aromatic heterocycles. The SMILES string of the molecule is CCN(CCCNC(=O)C1CCNCC1)c1ccccc1.Cl. The predicted octanol–water partition coefficient (Wildman–Crippen LogP) is 2.44. The molecule has 1 fully saturated rings. The van der Waals surface area contributed by atoms with Crippen LogP contribution in [-0.2, 0) is 4.79 Å². The number of halogens is 1. The maximum Gasteiger partial charge on any atom is 0.223 e. The first-order chi connectivity index (χ1) is 10.3. The molecule has 1 heterocycles. The van der Waals surface area contributed by atoms with Crippen LogP contribution in [0.1, 0.15) is 26.2 Å². The molecule has 1 aromatic carbocycles. The fraction of sp³-hybridized carbons (Fsp3) is 0.588. The molecule has 4 nitrogen and oxygen atoms in total. The first kappa shape index (κ1) is 18.8. The van der Waals surface area contributed by atoms with E-state index in [4.69, 9.17) is 0 Å². The monoisotopic (exact) mass is 325 g/mol. The van der Waals surface area contributed by atoms with E-state index in [1.165, 1.54) is 5.69 Å². The van der Waals surface area contributed by atoms with Gasteiger partial charge >= 0.3 is 0 Å². The minimum atomic E-state index is 0. The fourth-order valence-electron chi connectivity index (χ4n) is 2.82. The van der Waals surface area contributed by atoms with Gasteiger partial charge in [-0.3, -0.25) is 4.79 Å². The molecule has 1 aromatic rings. The molecule has 0 unspecified atom stereocenters. The van der Waals surface area contributed by atoms with E-state index in [2.05, 4.69) is 46.7 Å². The van der Waals surface area contributed by atoms with E-state index >= 15 is 0 Å². The Morgan fingerprint density at radius 2 is 1.95 bits per heavy atom. The lowest BCUT2D eigenvalue weighted by atomic mass is 9.97. The van der Waals surface area contributed by atoms with Crippen molar-refractivity contribution in [2.45, 2.75) is 26.2 Å². The number of para-hydroxylation sites is 1. The number of carbonyl (C=O) groups excluding carboxylic acids is 1. The lowest BCUT2D eigenvalue weighted by Crippen LogP contribution is -2.39. The molecule has 0 atom stereocenters. The van der Waals surface area contributed by atoms with Gasteiger partial charge in [-0.1, -0.05) is 18.2 Å². The molecule has 1 amide bonds. The van der Waals surface area contributed by atoms with Crippen LogP contribution in [0.3, 0.4) is 0 Å². The van der Waals surface area contributed by atoms with Crippen molar-refractivity contribution in [3.05, 3.63) is 30.3 Å². The number of anilines is 1. The molecule has 22 heavy (non-hydrogen) atoms. The summed E-state index contributed by atoms with van der Waals surface area (Å²) in [6, 6.07) is 10.4. The van der Waals surface area contributed by atoms with Gasteiger partial charge < -0.3 is 15.5 Å². The normalized spacial score (nSPS) is 15.0. The number of benzene rings is 1. The highest BCUT2D eigenvalue weighted by Crippen LogP contribution is 2.13. The van der Waals surface area contributed by atoms with Gasteiger partial charge in [0, 0.05) is 31.2 Å². The average molecular weight is 326 g/mol. The Morgan fingerprint density at radius 3 is 2.59 bits per heavy atom. The number of rotatable bonds is 7. The van der Waals surface area contributed by atoms with Crippen LogP contribution in [0.5, 0.6) is 0 Å². The van der Waals surface area contributed by atoms with E-state index in [1.54, 1.807) is 0 Å². The highest BCUT2D eigenvalue weighted by molar-refractivity contribution is 5.85. The number of piperidine rings is 1. The van der Waals surface area contributed by atoms with Gasteiger partial charge in [-0.25, -0.2) is 0 Å². The maximum absolute atomic E-state index is 12.0. The lowest BCUT2D eigenvalue weighted by molar-refractivity contribution is -0.125. The summed E-state index contributed by atoms with van der Waals surface area (Å²) in [7, 11) is 0. The molecular weight excluding hydrogens is 298 g/mol. The van der Waals surface area contributed by atoms with Crippen molar-refractivity contribution in [3.8, 4) is 0 Å². The van der Waals surface area contributed by atoms with Crippen LogP contribution < -0.4 is 15.5 Å². The zero-order chi connectivity index (χ0) is 14.9. The highest BCUT2D eigenvalue weighted by atomic mass is 35.5. The number of nitrogens with zero attached hydrogens (tertiary/aromatic N) is 1. The Labute approximate surface area is 140 Å². The van der Waals surface area contributed by atoms with Gasteiger partial charge in [0.1, 0.15) is 0 Å². The lowest BCUT2D eigenvalue weighted by Gasteiger charge is -2.24. The van der Waals surface area contributed by atoms with E-state index in [1.807, 2.05) is 6.07 Å². The van der Waals surface area contributed by atoms with Crippen molar-refractivity contribution in [2.75, 3.05) is 37.6 Å². The maximum atomic E-state index is 12.0. The Kier molecular flexibility index (Phi) is 8.94. The highest BCUT2D eigenvalue weighted by Gasteiger charge is 2.20. The summed E-state index contributed by atoms with van der Waals surface area (Å²) in [5, 5.41) is 6.38. The van der Waals surface area contributed by atoms with Crippen LogP contribution in [0, 0.1) is 5.92 Å². The molecule has 5 heteroatoms. The molecule has 2 N–H and O–H groups in total. The minimum absolute atomic E-state index is 0. The van der Waals surface area contributed by atoms with Crippen LogP contribution in [0.25, 0.3) is 0 Å². The largest absolute Gasteiger partial charge is 0.372 e.